The zero-order valence-corrected chi connectivity index (χ0v) is 11.6. The fraction of sp³-hybridized carbons (Fsp3) is 0.312. The second kappa shape index (κ2) is 4.69. The van der Waals surface area contributed by atoms with E-state index in [9.17, 15) is 0 Å². The van der Waals surface area contributed by atoms with Crippen LogP contribution in [0, 0.1) is 13.8 Å². The molecule has 0 saturated heterocycles. The summed E-state index contributed by atoms with van der Waals surface area (Å²) in [5.41, 5.74) is 5.38. The molecule has 1 unspecified atom stereocenters. The first-order chi connectivity index (χ1) is 8.74. The summed E-state index contributed by atoms with van der Waals surface area (Å²) in [6.45, 7) is 4.34. The molecule has 1 aromatic heterocycles. The van der Waals surface area contributed by atoms with Crippen LogP contribution in [0.25, 0.3) is 0 Å². The molecule has 0 bridgehead atoms. The molecule has 0 spiro atoms. The molecule has 3 rings (SSSR count). The highest BCUT2D eigenvalue weighted by atomic mass is 32.1. The van der Waals surface area contributed by atoms with Gasteiger partial charge in [0.2, 0.25) is 0 Å². The largest absolute Gasteiger partial charge is 0.280 e. The molecular weight excluding hydrogens is 238 g/mol. The van der Waals surface area contributed by atoms with Crippen LogP contribution >= 0.6 is 11.3 Å². The SMILES string of the molecule is Cc1ccc(C2CCC(c3cccs3)=N2)c(C)c1. The molecule has 1 aliphatic heterocycles. The summed E-state index contributed by atoms with van der Waals surface area (Å²) in [6.07, 6.45) is 2.26. The standard InChI is InChI=1S/C16H17NS/c1-11-5-6-13(12(2)10-11)14-7-8-15(17-14)16-4-3-9-18-16/h3-6,9-10,14H,7-8H2,1-2H3. The molecule has 18 heavy (non-hydrogen) atoms. The van der Waals surface area contributed by atoms with E-state index in [1.165, 1.54) is 27.3 Å². The van der Waals surface area contributed by atoms with Crippen LogP contribution in [0.3, 0.4) is 0 Å². The van der Waals surface area contributed by atoms with Gasteiger partial charge in [-0.2, -0.15) is 0 Å². The first-order valence-electron chi connectivity index (χ1n) is 6.42. The Morgan fingerprint density at radius 2 is 2.11 bits per heavy atom. The van der Waals surface area contributed by atoms with Gasteiger partial charge < -0.3 is 0 Å². The van der Waals surface area contributed by atoms with Crippen molar-refractivity contribution in [3.63, 3.8) is 0 Å². The van der Waals surface area contributed by atoms with E-state index in [1.807, 2.05) is 0 Å². The maximum Gasteiger partial charge on any atom is 0.0759 e. The van der Waals surface area contributed by atoms with Crippen molar-refractivity contribution in [3.05, 3.63) is 57.3 Å². The highest BCUT2D eigenvalue weighted by Gasteiger charge is 2.21. The van der Waals surface area contributed by atoms with Crippen LogP contribution in [-0.2, 0) is 0 Å². The Labute approximate surface area is 112 Å². The van der Waals surface area contributed by atoms with Gasteiger partial charge in [-0.25, -0.2) is 0 Å². The number of aryl methyl sites for hydroxylation is 2. The van der Waals surface area contributed by atoms with Crippen LogP contribution in [-0.4, -0.2) is 5.71 Å². The van der Waals surface area contributed by atoms with Gasteiger partial charge in [0, 0.05) is 4.88 Å². The first-order valence-corrected chi connectivity index (χ1v) is 7.30. The van der Waals surface area contributed by atoms with Gasteiger partial charge in [-0.05, 0) is 49.3 Å². The summed E-state index contributed by atoms with van der Waals surface area (Å²) in [6, 6.07) is 11.3. The van der Waals surface area contributed by atoms with Gasteiger partial charge in [-0.1, -0.05) is 29.8 Å². The van der Waals surface area contributed by atoms with Crippen LogP contribution in [0.15, 0.2) is 40.7 Å². The summed E-state index contributed by atoms with van der Waals surface area (Å²) in [5, 5.41) is 2.13. The van der Waals surface area contributed by atoms with Gasteiger partial charge in [0.25, 0.3) is 0 Å². The normalized spacial score (nSPS) is 19.0. The molecule has 92 valence electrons. The van der Waals surface area contributed by atoms with Crippen LogP contribution in [0.5, 0.6) is 0 Å². The van der Waals surface area contributed by atoms with Crippen molar-refractivity contribution in [1.82, 2.24) is 0 Å². The van der Waals surface area contributed by atoms with Crippen molar-refractivity contribution in [3.8, 4) is 0 Å². The van der Waals surface area contributed by atoms with E-state index in [1.54, 1.807) is 11.3 Å². The summed E-state index contributed by atoms with van der Waals surface area (Å²) in [7, 11) is 0. The van der Waals surface area contributed by atoms with Crippen molar-refractivity contribution < 1.29 is 0 Å². The van der Waals surface area contributed by atoms with Crippen molar-refractivity contribution in [2.45, 2.75) is 32.7 Å². The van der Waals surface area contributed by atoms with Gasteiger partial charge in [-0.15, -0.1) is 11.3 Å². The minimum atomic E-state index is 0.364. The van der Waals surface area contributed by atoms with E-state index >= 15 is 0 Å². The molecule has 1 atom stereocenters. The second-order valence-corrected chi connectivity index (χ2v) is 5.92. The number of benzene rings is 1. The zero-order chi connectivity index (χ0) is 12.5. The maximum absolute atomic E-state index is 4.92. The quantitative estimate of drug-likeness (QED) is 0.738. The minimum Gasteiger partial charge on any atom is -0.280 e. The van der Waals surface area contributed by atoms with E-state index in [0.717, 1.165) is 12.8 Å². The highest BCUT2D eigenvalue weighted by Crippen LogP contribution is 2.33. The molecular formula is C16H17NS. The molecule has 2 heteroatoms. The van der Waals surface area contributed by atoms with E-state index in [4.69, 9.17) is 4.99 Å². The van der Waals surface area contributed by atoms with Crippen LogP contribution in [0.1, 0.15) is 40.5 Å². The van der Waals surface area contributed by atoms with Gasteiger partial charge in [-0.3, -0.25) is 4.99 Å². The summed E-state index contributed by atoms with van der Waals surface area (Å²) in [4.78, 5) is 6.25. The van der Waals surface area contributed by atoms with E-state index in [2.05, 4.69) is 49.6 Å². The molecule has 0 saturated carbocycles. The average Bonchev–Trinajstić information content (AvgIpc) is 2.99. The summed E-state index contributed by atoms with van der Waals surface area (Å²) >= 11 is 1.79. The van der Waals surface area contributed by atoms with Crippen molar-refractivity contribution >= 4 is 17.0 Å². The fourth-order valence-corrected chi connectivity index (χ4v) is 3.40. The van der Waals surface area contributed by atoms with Crippen molar-refractivity contribution in [1.29, 1.82) is 0 Å². The predicted octanol–water partition coefficient (Wildman–Crippen LogP) is 4.69. The molecule has 2 aromatic rings. The topological polar surface area (TPSA) is 12.4 Å². The lowest BCUT2D eigenvalue weighted by molar-refractivity contribution is 0.718. The zero-order valence-electron chi connectivity index (χ0n) is 10.8. The highest BCUT2D eigenvalue weighted by molar-refractivity contribution is 7.12. The Morgan fingerprint density at radius 1 is 1.22 bits per heavy atom. The lowest BCUT2D eigenvalue weighted by Crippen LogP contribution is -1.94. The molecule has 1 aliphatic rings. The average molecular weight is 255 g/mol. The minimum absolute atomic E-state index is 0.364. The summed E-state index contributed by atoms with van der Waals surface area (Å²) in [5.74, 6) is 0. The molecule has 0 N–H and O–H groups in total. The van der Waals surface area contributed by atoms with E-state index in [0.29, 0.717) is 6.04 Å². The molecule has 0 aliphatic carbocycles. The monoisotopic (exact) mass is 255 g/mol. The van der Waals surface area contributed by atoms with Gasteiger partial charge in [0.1, 0.15) is 0 Å². The van der Waals surface area contributed by atoms with E-state index in [-0.39, 0.29) is 0 Å². The third-order valence-electron chi connectivity index (χ3n) is 3.56. The molecule has 0 fully saturated rings. The lowest BCUT2D eigenvalue weighted by atomic mass is 9.98. The number of aliphatic imine (C=N–C) groups is 1. The number of rotatable bonds is 2. The van der Waals surface area contributed by atoms with Gasteiger partial charge >= 0.3 is 0 Å². The number of nitrogens with zero attached hydrogens (tertiary/aromatic N) is 1. The van der Waals surface area contributed by atoms with Crippen LogP contribution < -0.4 is 0 Å². The van der Waals surface area contributed by atoms with E-state index < -0.39 is 0 Å². The molecule has 1 aromatic carbocycles. The molecule has 2 heterocycles. The fourth-order valence-electron chi connectivity index (χ4n) is 2.64. The Balaban J connectivity index is 1.91. The Bertz CT molecular complexity index is 581. The maximum atomic E-state index is 4.92. The van der Waals surface area contributed by atoms with Crippen LogP contribution in [0.4, 0.5) is 0 Å². The number of hydrogen-bond acceptors (Lipinski definition) is 2. The van der Waals surface area contributed by atoms with Gasteiger partial charge in [0.05, 0.1) is 11.8 Å². The van der Waals surface area contributed by atoms with Gasteiger partial charge in [0.15, 0.2) is 0 Å². The number of thiophene rings is 1. The smallest absolute Gasteiger partial charge is 0.0759 e. The Hall–Kier alpha value is -1.41. The number of hydrogen-bond donors (Lipinski definition) is 0. The third kappa shape index (κ3) is 2.13. The predicted molar refractivity (Wildman–Crippen MR) is 78.7 cm³/mol. The molecule has 1 nitrogen and oxygen atoms in total. The van der Waals surface area contributed by atoms with Crippen molar-refractivity contribution in [2.75, 3.05) is 0 Å². The van der Waals surface area contributed by atoms with Crippen LogP contribution in [0.2, 0.25) is 0 Å². The lowest BCUT2D eigenvalue weighted by Gasteiger charge is -2.11. The molecule has 0 amide bonds. The summed E-state index contributed by atoms with van der Waals surface area (Å²) < 4.78 is 0. The Kier molecular flexibility index (Phi) is 3.04. The first kappa shape index (κ1) is 11.7. The second-order valence-electron chi connectivity index (χ2n) is 4.97. The Morgan fingerprint density at radius 3 is 2.83 bits per heavy atom. The van der Waals surface area contributed by atoms with Crippen molar-refractivity contribution in [2.24, 2.45) is 4.99 Å². The third-order valence-corrected chi connectivity index (χ3v) is 4.48. The molecule has 0 radical (unpaired) electrons.